The molecular formula is C19H26O5. The van der Waals surface area contributed by atoms with Gasteiger partial charge in [-0.25, -0.2) is 4.79 Å². The van der Waals surface area contributed by atoms with Gasteiger partial charge in [0.05, 0.1) is 17.8 Å². The summed E-state index contributed by atoms with van der Waals surface area (Å²) in [5.41, 5.74) is 1.04. The van der Waals surface area contributed by atoms with Crippen LogP contribution in [0.25, 0.3) is 0 Å². The fraction of sp³-hybridized carbons (Fsp3) is 0.632. The summed E-state index contributed by atoms with van der Waals surface area (Å²) in [6.07, 6.45) is -0.401. The molecule has 1 aromatic rings. The molecule has 1 aliphatic heterocycles. The van der Waals surface area contributed by atoms with Crippen molar-refractivity contribution in [3.8, 4) is 0 Å². The number of aliphatic hydroxyl groups excluding tert-OH is 1. The van der Waals surface area contributed by atoms with E-state index in [1.54, 1.807) is 12.1 Å². The standard InChI is InChI=1S/C19H26O5/c1-18(2,3)24-17(21)12-8-6-11(7-9-12)13-10-14(20)16-15(13)22-19(4,5)23-16/h6-9,13-16,20H,10H2,1-5H3/t13-,14+,15-,16+/m1/s1. The number of carbonyl (C=O) groups is 1. The summed E-state index contributed by atoms with van der Waals surface area (Å²) in [6.45, 7) is 9.26. The van der Waals surface area contributed by atoms with Gasteiger partial charge in [0.15, 0.2) is 5.79 Å². The highest BCUT2D eigenvalue weighted by Crippen LogP contribution is 2.46. The van der Waals surface area contributed by atoms with Crippen molar-refractivity contribution in [2.45, 2.75) is 76.7 Å². The SMILES string of the molecule is CC(C)(C)OC(=O)c1ccc([C@H]2C[C@H](O)[C@@H]3OC(C)(C)O[C@@H]32)cc1. The first-order valence-electron chi connectivity index (χ1n) is 8.43. The normalized spacial score (nSPS) is 31.8. The third kappa shape index (κ3) is 3.48. The van der Waals surface area contributed by atoms with Crippen molar-refractivity contribution in [1.82, 2.24) is 0 Å². The van der Waals surface area contributed by atoms with Crippen LogP contribution in [0.4, 0.5) is 0 Å². The molecule has 2 fully saturated rings. The number of benzene rings is 1. The average molecular weight is 334 g/mol. The van der Waals surface area contributed by atoms with Gasteiger partial charge in [-0.2, -0.15) is 0 Å². The third-order valence-corrected chi connectivity index (χ3v) is 4.41. The molecule has 0 aromatic heterocycles. The molecule has 5 heteroatoms. The van der Waals surface area contributed by atoms with Gasteiger partial charge < -0.3 is 19.3 Å². The van der Waals surface area contributed by atoms with E-state index in [9.17, 15) is 9.90 Å². The first-order chi connectivity index (χ1) is 11.1. The van der Waals surface area contributed by atoms with E-state index in [0.717, 1.165) is 5.56 Å². The van der Waals surface area contributed by atoms with E-state index in [0.29, 0.717) is 12.0 Å². The molecule has 2 aliphatic rings. The predicted octanol–water partition coefficient (Wildman–Crippen LogP) is 3.01. The van der Waals surface area contributed by atoms with Gasteiger partial charge in [0.2, 0.25) is 0 Å². The number of rotatable bonds is 2. The van der Waals surface area contributed by atoms with Crippen LogP contribution < -0.4 is 0 Å². The van der Waals surface area contributed by atoms with Crippen LogP contribution in [0.15, 0.2) is 24.3 Å². The van der Waals surface area contributed by atoms with Crippen LogP contribution in [0.5, 0.6) is 0 Å². The molecule has 1 aromatic carbocycles. The summed E-state index contributed by atoms with van der Waals surface area (Å²) in [6, 6.07) is 7.36. The molecule has 4 atom stereocenters. The molecule has 1 aliphatic carbocycles. The van der Waals surface area contributed by atoms with Gasteiger partial charge in [-0.15, -0.1) is 0 Å². The van der Waals surface area contributed by atoms with Crippen molar-refractivity contribution >= 4 is 5.97 Å². The number of fused-ring (bicyclic) bond motifs is 1. The fourth-order valence-corrected chi connectivity index (χ4v) is 3.48. The average Bonchev–Trinajstić information content (AvgIpc) is 2.92. The Bertz CT molecular complexity index is 614. The monoisotopic (exact) mass is 334 g/mol. The summed E-state index contributed by atoms with van der Waals surface area (Å²) in [5.74, 6) is -0.953. The Morgan fingerprint density at radius 2 is 1.75 bits per heavy atom. The third-order valence-electron chi connectivity index (χ3n) is 4.41. The molecule has 0 radical (unpaired) electrons. The molecule has 1 saturated carbocycles. The summed E-state index contributed by atoms with van der Waals surface area (Å²) >= 11 is 0. The number of esters is 1. The zero-order chi connectivity index (χ0) is 17.7. The lowest BCUT2D eigenvalue weighted by molar-refractivity contribution is -0.163. The summed E-state index contributed by atoms with van der Waals surface area (Å²) < 4.78 is 17.2. The molecule has 0 amide bonds. The Balaban J connectivity index is 1.75. The first-order valence-corrected chi connectivity index (χ1v) is 8.43. The van der Waals surface area contributed by atoms with Gasteiger partial charge in [-0.05, 0) is 58.7 Å². The summed E-state index contributed by atoms with van der Waals surface area (Å²) in [5, 5.41) is 10.3. The van der Waals surface area contributed by atoms with E-state index in [4.69, 9.17) is 14.2 Å². The second kappa shape index (κ2) is 5.83. The van der Waals surface area contributed by atoms with Gasteiger partial charge in [-0.1, -0.05) is 12.1 Å². The molecule has 3 rings (SSSR count). The number of aliphatic hydroxyl groups is 1. The van der Waals surface area contributed by atoms with Gasteiger partial charge in [0, 0.05) is 5.92 Å². The van der Waals surface area contributed by atoms with E-state index < -0.39 is 17.5 Å². The van der Waals surface area contributed by atoms with Crippen molar-refractivity contribution in [2.75, 3.05) is 0 Å². The molecule has 5 nitrogen and oxygen atoms in total. The Morgan fingerprint density at radius 1 is 1.17 bits per heavy atom. The minimum atomic E-state index is -0.675. The fourth-order valence-electron chi connectivity index (χ4n) is 3.48. The number of carbonyl (C=O) groups excluding carboxylic acids is 1. The maximum absolute atomic E-state index is 12.1. The Hall–Kier alpha value is -1.43. The van der Waals surface area contributed by atoms with Gasteiger partial charge in [0.25, 0.3) is 0 Å². The van der Waals surface area contributed by atoms with Crippen LogP contribution >= 0.6 is 0 Å². The topological polar surface area (TPSA) is 65.0 Å². The van der Waals surface area contributed by atoms with E-state index in [1.807, 2.05) is 46.8 Å². The number of ether oxygens (including phenoxy) is 3. The predicted molar refractivity (Wildman–Crippen MR) is 88.8 cm³/mol. The van der Waals surface area contributed by atoms with E-state index in [1.165, 1.54) is 0 Å². The zero-order valence-corrected chi connectivity index (χ0v) is 14.9. The second-order valence-electron chi connectivity index (χ2n) is 8.10. The van der Waals surface area contributed by atoms with Crippen molar-refractivity contribution in [3.63, 3.8) is 0 Å². The molecule has 132 valence electrons. The molecule has 0 spiro atoms. The van der Waals surface area contributed by atoms with Crippen LogP contribution in [0.3, 0.4) is 0 Å². The minimum absolute atomic E-state index is 0.0551. The van der Waals surface area contributed by atoms with Crippen molar-refractivity contribution in [1.29, 1.82) is 0 Å². The Morgan fingerprint density at radius 3 is 2.33 bits per heavy atom. The van der Waals surface area contributed by atoms with Crippen molar-refractivity contribution in [3.05, 3.63) is 35.4 Å². The zero-order valence-electron chi connectivity index (χ0n) is 14.9. The summed E-state index contributed by atoms with van der Waals surface area (Å²) in [4.78, 5) is 12.1. The van der Waals surface area contributed by atoms with Gasteiger partial charge in [-0.3, -0.25) is 0 Å². The van der Waals surface area contributed by atoms with Crippen LogP contribution in [0, 0.1) is 0 Å². The second-order valence-corrected chi connectivity index (χ2v) is 8.10. The van der Waals surface area contributed by atoms with E-state index >= 15 is 0 Å². The van der Waals surface area contributed by atoms with Crippen molar-refractivity contribution in [2.24, 2.45) is 0 Å². The summed E-state index contributed by atoms with van der Waals surface area (Å²) in [7, 11) is 0. The Kier molecular flexibility index (Phi) is 4.22. The number of hydrogen-bond acceptors (Lipinski definition) is 5. The molecular weight excluding hydrogens is 308 g/mol. The van der Waals surface area contributed by atoms with Crippen LogP contribution in [0.1, 0.15) is 62.9 Å². The molecule has 1 N–H and O–H groups in total. The molecule has 24 heavy (non-hydrogen) atoms. The maximum atomic E-state index is 12.1. The molecule has 0 bridgehead atoms. The van der Waals surface area contributed by atoms with Crippen molar-refractivity contribution < 1.29 is 24.1 Å². The highest BCUT2D eigenvalue weighted by molar-refractivity contribution is 5.89. The molecule has 1 saturated heterocycles. The minimum Gasteiger partial charge on any atom is -0.456 e. The lowest BCUT2D eigenvalue weighted by Gasteiger charge is -2.23. The van der Waals surface area contributed by atoms with Crippen LogP contribution in [0.2, 0.25) is 0 Å². The first kappa shape index (κ1) is 17.4. The van der Waals surface area contributed by atoms with E-state index in [-0.39, 0.29) is 24.1 Å². The van der Waals surface area contributed by atoms with Gasteiger partial charge in [0.1, 0.15) is 11.7 Å². The van der Waals surface area contributed by atoms with E-state index in [2.05, 4.69) is 0 Å². The molecule has 1 heterocycles. The smallest absolute Gasteiger partial charge is 0.338 e. The van der Waals surface area contributed by atoms with Crippen LogP contribution in [-0.2, 0) is 14.2 Å². The highest BCUT2D eigenvalue weighted by Gasteiger charge is 2.53. The van der Waals surface area contributed by atoms with Crippen LogP contribution in [-0.4, -0.2) is 40.8 Å². The lowest BCUT2D eigenvalue weighted by Crippen LogP contribution is -2.28. The Labute approximate surface area is 142 Å². The molecule has 0 unspecified atom stereocenters. The quantitative estimate of drug-likeness (QED) is 0.842. The lowest BCUT2D eigenvalue weighted by atomic mass is 9.94. The maximum Gasteiger partial charge on any atom is 0.338 e. The largest absolute Gasteiger partial charge is 0.456 e. The number of hydrogen-bond donors (Lipinski definition) is 1. The highest BCUT2D eigenvalue weighted by atomic mass is 16.8. The van der Waals surface area contributed by atoms with Gasteiger partial charge >= 0.3 is 5.97 Å².